The first-order valence-corrected chi connectivity index (χ1v) is 8.93. The summed E-state index contributed by atoms with van der Waals surface area (Å²) in [7, 11) is 0. The number of para-hydroxylation sites is 1. The summed E-state index contributed by atoms with van der Waals surface area (Å²) in [6, 6.07) is 15.4. The zero-order valence-electron chi connectivity index (χ0n) is 15.4. The minimum absolute atomic E-state index is 0.221. The lowest BCUT2D eigenvalue weighted by molar-refractivity contribution is -0.148. The Kier molecular flexibility index (Phi) is 7.61. The first kappa shape index (κ1) is 21.0. The number of rotatable bonds is 7. The van der Waals surface area contributed by atoms with Gasteiger partial charge in [0.05, 0.1) is 17.3 Å². The molecule has 2 aromatic rings. The average molecular weight is 399 g/mol. The van der Waals surface area contributed by atoms with E-state index >= 15 is 0 Å². The van der Waals surface area contributed by atoms with Crippen molar-refractivity contribution in [2.24, 2.45) is 0 Å². The Labute approximate surface area is 168 Å². The molecule has 144 valence electrons. The summed E-state index contributed by atoms with van der Waals surface area (Å²) < 4.78 is 10.4. The molecule has 0 bridgehead atoms. The molecule has 0 fully saturated rings. The van der Waals surface area contributed by atoms with Gasteiger partial charge in [-0.05, 0) is 49.8 Å². The quantitative estimate of drug-likeness (QED) is 0.428. The van der Waals surface area contributed by atoms with Gasteiger partial charge in [0.2, 0.25) is 0 Å². The molecule has 1 N–H and O–H groups in total. The number of ether oxygens (including phenoxy) is 2. The highest BCUT2D eigenvalue weighted by molar-refractivity contribution is 6.33. The Bertz CT molecular complexity index is 917. The van der Waals surface area contributed by atoms with Crippen LogP contribution in [0.1, 0.15) is 19.4 Å². The number of halogens is 1. The van der Waals surface area contributed by atoms with Crippen LogP contribution in [0, 0.1) is 11.3 Å². The van der Waals surface area contributed by atoms with E-state index in [1.54, 1.807) is 54.6 Å². The van der Waals surface area contributed by atoms with Crippen molar-refractivity contribution in [3.05, 3.63) is 64.7 Å². The second-order valence-electron chi connectivity index (χ2n) is 5.69. The fourth-order valence-electron chi connectivity index (χ4n) is 2.20. The van der Waals surface area contributed by atoms with E-state index in [1.807, 2.05) is 6.92 Å². The summed E-state index contributed by atoms with van der Waals surface area (Å²) in [6.45, 7) is 3.83. The molecule has 0 aliphatic carbocycles. The Morgan fingerprint density at radius 3 is 2.50 bits per heavy atom. The van der Waals surface area contributed by atoms with E-state index in [2.05, 4.69) is 5.32 Å². The molecule has 28 heavy (non-hydrogen) atoms. The zero-order chi connectivity index (χ0) is 20.5. The molecule has 0 aromatic heterocycles. The third-order valence-corrected chi connectivity index (χ3v) is 3.96. The van der Waals surface area contributed by atoms with Gasteiger partial charge in [-0.15, -0.1) is 0 Å². The number of amides is 1. The van der Waals surface area contributed by atoms with E-state index in [0.29, 0.717) is 28.6 Å². The number of esters is 1. The van der Waals surface area contributed by atoms with Crippen LogP contribution in [0.15, 0.2) is 54.1 Å². The fraction of sp³-hybridized carbons (Fsp3) is 0.190. The second kappa shape index (κ2) is 10.1. The molecular weight excluding hydrogens is 380 g/mol. The Morgan fingerprint density at radius 2 is 1.89 bits per heavy atom. The zero-order valence-corrected chi connectivity index (χ0v) is 16.2. The molecule has 2 aromatic carbocycles. The van der Waals surface area contributed by atoms with Gasteiger partial charge < -0.3 is 14.8 Å². The largest absolute Gasteiger partial charge is 0.494 e. The molecular formula is C21H19ClN2O4. The smallest absolute Gasteiger partial charge is 0.349 e. The topological polar surface area (TPSA) is 88.4 Å². The molecule has 0 saturated heterocycles. The predicted octanol–water partition coefficient (Wildman–Crippen LogP) is 4.22. The Balaban J connectivity index is 2.03. The van der Waals surface area contributed by atoms with Gasteiger partial charge in [0.1, 0.15) is 17.4 Å². The molecule has 6 nitrogen and oxygen atoms in total. The molecule has 7 heteroatoms. The van der Waals surface area contributed by atoms with Crippen LogP contribution in [0.3, 0.4) is 0 Å². The minimum Gasteiger partial charge on any atom is -0.494 e. The first-order chi connectivity index (χ1) is 13.4. The van der Waals surface area contributed by atoms with Crippen molar-refractivity contribution in [3.63, 3.8) is 0 Å². The van der Waals surface area contributed by atoms with Crippen LogP contribution >= 0.6 is 11.6 Å². The van der Waals surface area contributed by atoms with Crippen LogP contribution in [0.5, 0.6) is 5.75 Å². The summed E-state index contributed by atoms with van der Waals surface area (Å²) in [5.41, 5.74) is 0.814. The van der Waals surface area contributed by atoms with Crippen molar-refractivity contribution in [3.8, 4) is 11.8 Å². The first-order valence-electron chi connectivity index (χ1n) is 8.55. The van der Waals surface area contributed by atoms with E-state index in [9.17, 15) is 14.9 Å². The van der Waals surface area contributed by atoms with Crippen molar-refractivity contribution < 1.29 is 19.1 Å². The van der Waals surface area contributed by atoms with Crippen LogP contribution in [-0.2, 0) is 14.3 Å². The lowest BCUT2D eigenvalue weighted by Gasteiger charge is -2.14. The maximum atomic E-state index is 12.2. The normalized spacial score (nSPS) is 11.9. The number of nitriles is 1. The third kappa shape index (κ3) is 5.86. The molecule has 2 rings (SSSR count). The molecule has 1 amide bonds. The van der Waals surface area contributed by atoms with Gasteiger partial charge in [-0.1, -0.05) is 35.9 Å². The van der Waals surface area contributed by atoms with Crippen LogP contribution in [0.25, 0.3) is 6.08 Å². The van der Waals surface area contributed by atoms with Gasteiger partial charge in [0, 0.05) is 0 Å². The predicted molar refractivity (Wildman–Crippen MR) is 107 cm³/mol. The summed E-state index contributed by atoms with van der Waals surface area (Å²) >= 11 is 5.99. The number of nitrogens with one attached hydrogen (secondary N) is 1. The van der Waals surface area contributed by atoms with E-state index in [1.165, 1.54) is 13.0 Å². The molecule has 0 spiro atoms. The van der Waals surface area contributed by atoms with Gasteiger partial charge in [0.25, 0.3) is 5.91 Å². The van der Waals surface area contributed by atoms with Gasteiger partial charge >= 0.3 is 5.97 Å². The Hall–Kier alpha value is -3.30. The molecule has 0 aliphatic rings. The highest BCUT2D eigenvalue weighted by Gasteiger charge is 2.21. The van der Waals surface area contributed by atoms with Crippen molar-refractivity contribution in [2.45, 2.75) is 20.0 Å². The SMILES string of the molecule is CCOc1ccc(/C=C(\C#N)C(=O)O[C@@H](C)C(=O)Nc2ccccc2Cl)cc1. The second-order valence-corrected chi connectivity index (χ2v) is 6.10. The average Bonchev–Trinajstić information content (AvgIpc) is 2.69. The maximum Gasteiger partial charge on any atom is 0.349 e. The molecule has 0 unspecified atom stereocenters. The number of anilines is 1. The monoisotopic (exact) mass is 398 g/mol. The van der Waals surface area contributed by atoms with E-state index in [-0.39, 0.29) is 5.57 Å². The van der Waals surface area contributed by atoms with E-state index in [0.717, 1.165) is 0 Å². The lowest BCUT2D eigenvalue weighted by Crippen LogP contribution is -2.30. The summed E-state index contributed by atoms with van der Waals surface area (Å²) in [6.07, 6.45) is 0.275. The highest BCUT2D eigenvalue weighted by Crippen LogP contribution is 2.21. The fourth-order valence-corrected chi connectivity index (χ4v) is 2.39. The number of carbonyl (C=O) groups is 2. The van der Waals surface area contributed by atoms with E-state index < -0.39 is 18.0 Å². The van der Waals surface area contributed by atoms with Crippen LogP contribution in [0.4, 0.5) is 5.69 Å². The van der Waals surface area contributed by atoms with Crippen molar-refractivity contribution in [1.29, 1.82) is 5.26 Å². The maximum absolute atomic E-state index is 12.2. The molecule has 0 radical (unpaired) electrons. The molecule has 0 heterocycles. The van der Waals surface area contributed by atoms with Gasteiger partial charge in [-0.25, -0.2) is 4.79 Å². The lowest BCUT2D eigenvalue weighted by atomic mass is 10.1. The van der Waals surface area contributed by atoms with Crippen LogP contribution < -0.4 is 10.1 Å². The van der Waals surface area contributed by atoms with Crippen molar-refractivity contribution in [1.82, 2.24) is 0 Å². The number of nitrogens with zero attached hydrogens (tertiary/aromatic N) is 1. The van der Waals surface area contributed by atoms with Crippen LogP contribution in [0.2, 0.25) is 5.02 Å². The molecule has 0 saturated carbocycles. The Morgan fingerprint density at radius 1 is 1.21 bits per heavy atom. The van der Waals surface area contributed by atoms with Crippen molar-refractivity contribution in [2.75, 3.05) is 11.9 Å². The van der Waals surface area contributed by atoms with Crippen LogP contribution in [-0.4, -0.2) is 24.6 Å². The van der Waals surface area contributed by atoms with Gasteiger partial charge in [-0.3, -0.25) is 4.79 Å². The number of hydrogen-bond acceptors (Lipinski definition) is 5. The number of benzene rings is 2. The highest BCUT2D eigenvalue weighted by atomic mass is 35.5. The van der Waals surface area contributed by atoms with E-state index in [4.69, 9.17) is 21.1 Å². The third-order valence-electron chi connectivity index (χ3n) is 3.63. The molecule has 1 atom stereocenters. The van der Waals surface area contributed by atoms with Gasteiger partial charge in [0.15, 0.2) is 6.10 Å². The van der Waals surface area contributed by atoms with Gasteiger partial charge in [-0.2, -0.15) is 5.26 Å². The minimum atomic E-state index is -1.11. The summed E-state index contributed by atoms with van der Waals surface area (Å²) in [4.78, 5) is 24.4. The number of carbonyl (C=O) groups excluding carboxylic acids is 2. The van der Waals surface area contributed by atoms with Crippen molar-refractivity contribution >= 4 is 35.2 Å². The number of hydrogen-bond donors (Lipinski definition) is 1. The molecule has 0 aliphatic heterocycles. The summed E-state index contributed by atoms with van der Waals surface area (Å²) in [5, 5.41) is 12.2. The summed E-state index contributed by atoms with van der Waals surface area (Å²) in [5.74, 6) is -0.761. The standard InChI is InChI=1S/C21H19ClN2O4/c1-3-27-17-10-8-15(9-11-17)12-16(13-23)21(26)28-14(2)20(25)24-19-7-5-4-6-18(19)22/h4-12,14H,3H2,1-2H3,(H,24,25)/b16-12+/t14-/m0/s1.